The molecule has 0 unspecified atom stereocenters. The SMILES string of the molecule is CCNc1cc(NCC2CCCCC2)nc(COCC)n1. The maximum Gasteiger partial charge on any atom is 0.158 e. The van der Waals surface area contributed by atoms with E-state index < -0.39 is 0 Å². The molecule has 5 heteroatoms. The molecule has 0 radical (unpaired) electrons. The van der Waals surface area contributed by atoms with Crippen LogP contribution in [0, 0.1) is 5.92 Å². The van der Waals surface area contributed by atoms with Gasteiger partial charge in [0.2, 0.25) is 0 Å². The molecule has 0 atom stereocenters. The average Bonchev–Trinajstić information content (AvgIpc) is 2.52. The summed E-state index contributed by atoms with van der Waals surface area (Å²) in [5.41, 5.74) is 0. The topological polar surface area (TPSA) is 59.1 Å². The normalized spacial score (nSPS) is 15.9. The molecule has 118 valence electrons. The number of rotatable bonds is 8. The number of anilines is 2. The molecule has 1 aliphatic rings. The number of hydrogen-bond acceptors (Lipinski definition) is 5. The Bertz CT molecular complexity index is 419. The van der Waals surface area contributed by atoms with Crippen molar-refractivity contribution in [3.8, 4) is 0 Å². The van der Waals surface area contributed by atoms with Crippen molar-refractivity contribution >= 4 is 11.6 Å². The minimum Gasteiger partial charge on any atom is -0.374 e. The van der Waals surface area contributed by atoms with E-state index in [4.69, 9.17) is 4.74 Å². The van der Waals surface area contributed by atoms with Crippen molar-refractivity contribution in [1.82, 2.24) is 9.97 Å². The molecule has 2 rings (SSSR count). The summed E-state index contributed by atoms with van der Waals surface area (Å²) < 4.78 is 5.42. The second-order valence-corrected chi connectivity index (χ2v) is 5.61. The maximum absolute atomic E-state index is 5.42. The van der Waals surface area contributed by atoms with Crippen molar-refractivity contribution in [3.63, 3.8) is 0 Å². The Morgan fingerprint density at radius 3 is 2.48 bits per heavy atom. The largest absolute Gasteiger partial charge is 0.374 e. The standard InChI is InChI=1S/C16H28N4O/c1-3-17-14-10-15(20-16(19-14)12-21-4-2)18-11-13-8-6-5-7-9-13/h10,13H,3-9,11-12H2,1-2H3,(H2,17,18,19,20). The van der Waals surface area contributed by atoms with Crippen LogP contribution in [0.4, 0.5) is 11.6 Å². The van der Waals surface area contributed by atoms with Crippen LogP contribution in [0.3, 0.4) is 0 Å². The lowest BCUT2D eigenvalue weighted by Gasteiger charge is -2.22. The van der Waals surface area contributed by atoms with Crippen molar-refractivity contribution in [2.75, 3.05) is 30.3 Å². The predicted molar refractivity (Wildman–Crippen MR) is 86.6 cm³/mol. The highest BCUT2D eigenvalue weighted by Crippen LogP contribution is 2.24. The van der Waals surface area contributed by atoms with Crippen molar-refractivity contribution in [2.45, 2.75) is 52.6 Å². The fourth-order valence-electron chi connectivity index (χ4n) is 2.76. The highest BCUT2D eigenvalue weighted by atomic mass is 16.5. The van der Waals surface area contributed by atoms with E-state index >= 15 is 0 Å². The minimum atomic E-state index is 0.466. The molecule has 1 saturated carbocycles. The zero-order chi connectivity index (χ0) is 14.9. The number of ether oxygens (including phenoxy) is 1. The van der Waals surface area contributed by atoms with Crippen molar-refractivity contribution in [2.24, 2.45) is 5.92 Å². The third-order valence-electron chi connectivity index (χ3n) is 3.86. The molecule has 1 fully saturated rings. The third-order valence-corrected chi connectivity index (χ3v) is 3.86. The Morgan fingerprint density at radius 1 is 1.10 bits per heavy atom. The highest BCUT2D eigenvalue weighted by molar-refractivity contribution is 5.47. The van der Waals surface area contributed by atoms with Gasteiger partial charge in [-0.05, 0) is 32.6 Å². The average molecular weight is 292 g/mol. The van der Waals surface area contributed by atoms with E-state index in [0.29, 0.717) is 13.2 Å². The zero-order valence-corrected chi connectivity index (χ0v) is 13.3. The van der Waals surface area contributed by atoms with E-state index in [1.165, 1.54) is 32.1 Å². The van der Waals surface area contributed by atoms with Gasteiger partial charge in [-0.25, -0.2) is 9.97 Å². The van der Waals surface area contributed by atoms with Crippen LogP contribution >= 0.6 is 0 Å². The molecule has 1 aromatic rings. The molecular weight excluding hydrogens is 264 g/mol. The highest BCUT2D eigenvalue weighted by Gasteiger charge is 2.13. The van der Waals surface area contributed by atoms with Gasteiger partial charge in [0, 0.05) is 25.8 Å². The van der Waals surface area contributed by atoms with Gasteiger partial charge in [0.1, 0.15) is 18.2 Å². The van der Waals surface area contributed by atoms with Crippen LogP contribution in [0.1, 0.15) is 51.8 Å². The number of nitrogens with zero attached hydrogens (tertiary/aromatic N) is 2. The second-order valence-electron chi connectivity index (χ2n) is 5.61. The van der Waals surface area contributed by atoms with Gasteiger partial charge in [-0.1, -0.05) is 19.3 Å². The van der Waals surface area contributed by atoms with E-state index in [1.807, 2.05) is 13.0 Å². The smallest absolute Gasteiger partial charge is 0.158 e. The predicted octanol–water partition coefficient (Wildman–Crippen LogP) is 3.44. The monoisotopic (exact) mass is 292 g/mol. The molecule has 21 heavy (non-hydrogen) atoms. The molecule has 0 amide bonds. The Hall–Kier alpha value is -1.36. The molecule has 0 spiro atoms. The van der Waals surface area contributed by atoms with Gasteiger partial charge in [0.05, 0.1) is 0 Å². The van der Waals surface area contributed by atoms with Gasteiger partial charge >= 0.3 is 0 Å². The van der Waals surface area contributed by atoms with Crippen LogP contribution in [0.25, 0.3) is 0 Å². The number of hydrogen-bond donors (Lipinski definition) is 2. The fourth-order valence-corrected chi connectivity index (χ4v) is 2.76. The molecule has 1 aromatic heterocycles. The fraction of sp³-hybridized carbons (Fsp3) is 0.750. The molecule has 2 N–H and O–H groups in total. The first-order chi connectivity index (χ1) is 10.3. The molecule has 0 aromatic carbocycles. The number of nitrogens with one attached hydrogen (secondary N) is 2. The molecule has 0 saturated heterocycles. The van der Waals surface area contributed by atoms with E-state index in [2.05, 4.69) is 27.5 Å². The van der Waals surface area contributed by atoms with Gasteiger partial charge < -0.3 is 15.4 Å². The summed E-state index contributed by atoms with van der Waals surface area (Å²) in [7, 11) is 0. The van der Waals surface area contributed by atoms with Gasteiger partial charge in [-0.2, -0.15) is 0 Å². The second kappa shape index (κ2) is 8.82. The van der Waals surface area contributed by atoms with E-state index in [1.54, 1.807) is 0 Å². The molecule has 5 nitrogen and oxygen atoms in total. The summed E-state index contributed by atoms with van der Waals surface area (Å²) in [6.45, 7) is 7.06. The number of aromatic nitrogens is 2. The van der Waals surface area contributed by atoms with Crippen molar-refractivity contribution in [1.29, 1.82) is 0 Å². The van der Waals surface area contributed by atoms with E-state index in [0.717, 1.165) is 36.5 Å². The first-order valence-corrected chi connectivity index (χ1v) is 8.25. The molecule has 0 aliphatic heterocycles. The Morgan fingerprint density at radius 2 is 1.81 bits per heavy atom. The molecule has 1 heterocycles. The van der Waals surface area contributed by atoms with Gasteiger partial charge in [0.15, 0.2) is 5.82 Å². The Balaban J connectivity index is 1.96. The third kappa shape index (κ3) is 5.50. The van der Waals surface area contributed by atoms with Crippen molar-refractivity contribution in [3.05, 3.63) is 11.9 Å². The molecular formula is C16H28N4O. The summed E-state index contributed by atoms with van der Waals surface area (Å²) >= 11 is 0. The van der Waals surface area contributed by atoms with Crippen LogP contribution in [-0.4, -0.2) is 29.7 Å². The summed E-state index contributed by atoms with van der Waals surface area (Å²) in [5.74, 6) is 3.29. The summed E-state index contributed by atoms with van der Waals surface area (Å²) in [6, 6.07) is 1.99. The zero-order valence-electron chi connectivity index (χ0n) is 13.3. The lowest BCUT2D eigenvalue weighted by molar-refractivity contribution is 0.128. The van der Waals surface area contributed by atoms with Gasteiger partial charge in [-0.15, -0.1) is 0 Å². The van der Waals surface area contributed by atoms with Crippen LogP contribution in [0.5, 0.6) is 0 Å². The summed E-state index contributed by atoms with van der Waals surface area (Å²) in [5, 5.41) is 6.74. The van der Waals surface area contributed by atoms with Crippen LogP contribution < -0.4 is 10.6 Å². The Labute approximate surface area is 127 Å². The lowest BCUT2D eigenvalue weighted by Crippen LogP contribution is -2.18. The van der Waals surface area contributed by atoms with Crippen LogP contribution in [-0.2, 0) is 11.3 Å². The van der Waals surface area contributed by atoms with Gasteiger partial charge in [0.25, 0.3) is 0 Å². The van der Waals surface area contributed by atoms with Crippen LogP contribution in [0.2, 0.25) is 0 Å². The summed E-state index contributed by atoms with van der Waals surface area (Å²) in [6.07, 6.45) is 6.81. The maximum atomic E-state index is 5.42. The molecule has 1 aliphatic carbocycles. The summed E-state index contributed by atoms with van der Waals surface area (Å²) in [4.78, 5) is 9.02. The minimum absolute atomic E-state index is 0.466. The quantitative estimate of drug-likeness (QED) is 0.768. The lowest BCUT2D eigenvalue weighted by atomic mass is 9.89. The Kier molecular flexibility index (Phi) is 6.73. The van der Waals surface area contributed by atoms with Crippen LogP contribution in [0.15, 0.2) is 6.07 Å². The van der Waals surface area contributed by atoms with E-state index in [-0.39, 0.29) is 0 Å². The van der Waals surface area contributed by atoms with Gasteiger partial charge in [-0.3, -0.25) is 0 Å². The van der Waals surface area contributed by atoms with E-state index in [9.17, 15) is 0 Å². The first kappa shape index (κ1) is 16.0. The van der Waals surface area contributed by atoms with Crippen molar-refractivity contribution < 1.29 is 4.74 Å². The first-order valence-electron chi connectivity index (χ1n) is 8.25. The molecule has 0 bridgehead atoms.